The quantitative estimate of drug-likeness (QED) is 0.816. The molecule has 0 bridgehead atoms. The van der Waals surface area contributed by atoms with Gasteiger partial charge in [-0.25, -0.2) is 4.39 Å². The van der Waals surface area contributed by atoms with Crippen LogP contribution < -0.4 is 10.1 Å². The van der Waals surface area contributed by atoms with E-state index in [1.807, 2.05) is 0 Å². The molecule has 0 radical (unpaired) electrons. The summed E-state index contributed by atoms with van der Waals surface area (Å²) in [5, 5.41) is 13.0. The second kappa shape index (κ2) is 8.50. The van der Waals surface area contributed by atoms with Gasteiger partial charge in [0.1, 0.15) is 11.6 Å². The first-order valence-corrected chi connectivity index (χ1v) is 7.51. The number of carbonyl (C=O) groups is 1. The Labute approximate surface area is 138 Å². The Morgan fingerprint density at radius 2 is 1.91 bits per heavy atom. The van der Waals surface area contributed by atoms with Crippen molar-refractivity contribution in [2.75, 3.05) is 13.2 Å². The van der Waals surface area contributed by atoms with Gasteiger partial charge in [-0.2, -0.15) is 0 Å². The molecular weight excluding hydrogens is 321 g/mol. The Morgan fingerprint density at radius 3 is 2.61 bits per heavy atom. The topological polar surface area (TPSA) is 58.6 Å². The van der Waals surface area contributed by atoms with Crippen LogP contribution in [0.1, 0.15) is 18.1 Å². The lowest BCUT2D eigenvalue weighted by atomic mass is 10.1. The van der Waals surface area contributed by atoms with Gasteiger partial charge in [0.05, 0.1) is 24.2 Å². The maximum atomic E-state index is 12.8. The van der Waals surface area contributed by atoms with Crippen molar-refractivity contribution < 1.29 is 19.0 Å². The summed E-state index contributed by atoms with van der Waals surface area (Å²) in [5.74, 6) is -0.103. The van der Waals surface area contributed by atoms with Gasteiger partial charge in [0.15, 0.2) is 0 Å². The molecule has 1 atom stereocenters. The van der Waals surface area contributed by atoms with Crippen molar-refractivity contribution in [2.45, 2.75) is 12.5 Å². The molecule has 4 nitrogen and oxygen atoms in total. The molecule has 0 saturated carbocycles. The second-order valence-electron chi connectivity index (χ2n) is 4.90. The molecular formula is C17H17ClFNO3. The first-order chi connectivity index (χ1) is 11.1. The van der Waals surface area contributed by atoms with Crippen molar-refractivity contribution in [3.8, 4) is 5.75 Å². The van der Waals surface area contributed by atoms with Gasteiger partial charge in [-0.05, 0) is 29.8 Å². The van der Waals surface area contributed by atoms with Crippen molar-refractivity contribution in [3.63, 3.8) is 0 Å². The van der Waals surface area contributed by atoms with Crippen molar-refractivity contribution in [1.29, 1.82) is 0 Å². The minimum atomic E-state index is -0.885. The average Bonchev–Trinajstić information content (AvgIpc) is 2.55. The van der Waals surface area contributed by atoms with E-state index in [9.17, 15) is 14.3 Å². The maximum absolute atomic E-state index is 12.8. The van der Waals surface area contributed by atoms with E-state index < -0.39 is 6.10 Å². The number of rotatable bonds is 7. The number of hydrogen-bond acceptors (Lipinski definition) is 3. The highest BCUT2D eigenvalue weighted by molar-refractivity contribution is 6.32. The van der Waals surface area contributed by atoms with E-state index in [-0.39, 0.29) is 31.3 Å². The summed E-state index contributed by atoms with van der Waals surface area (Å²) >= 11 is 5.94. The molecule has 0 aliphatic rings. The van der Waals surface area contributed by atoms with Gasteiger partial charge < -0.3 is 15.2 Å². The predicted octanol–water partition coefficient (Wildman–Crippen LogP) is 3.10. The van der Waals surface area contributed by atoms with Gasteiger partial charge >= 0.3 is 0 Å². The summed E-state index contributed by atoms with van der Waals surface area (Å²) in [6.45, 7) is 0.235. The lowest BCUT2D eigenvalue weighted by Gasteiger charge is -2.12. The van der Waals surface area contributed by atoms with Crippen molar-refractivity contribution >= 4 is 17.5 Å². The van der Waals surface area contributed by atoms with E-state index in [1.54, 1.807) is 24.3 Å². The van der Waals surface area contributed by atoms with Crippen molar-refractivity contribution in [3.05, 3.63) is 64.9 Å². The SMILES string of the molecule is O=C(CCOc1ccccc1Cl)NCC(O)c1ccc(F)cc1. The molecule has 0 heterocycles. The number of aliphatic hydroxyl groups is 1. The zero-order valence-corrected chi connectivity index (χ0v) is 13.1. The molecule has 0 fully saturated rings. The lowest BCUT2D eigenvalue weighted by molar-refractivity contribution is -0.122. The third-order valence-corrected chi connectivity index (χ3v) is 3.48. The summed E-state index contributed by atoms with van der Waals surface area (Å²) in [6, 6.07) is 12.5. The summed E-state index contributed by atoms with van der Waals surface area (Å²) in [6.07, 6.45) is -0.745. The van der Waals surface area contributed by atoms with E-state index >= 15 is 0 Å². The number of aliphatic hydroxyl groups excluding tert-OH is 1. The van der Waals surface area contributed by atoms with E-state index in [4.69, 9.17) is 16.3 Å². The summed E-state index contributed by atoms with van der Waals surface area (Å²) in [7, 11) is 0. The largest absolute Gasteiger partial charge is 0.491 e. The lowest BCUT2D eigenvalue weighted by Crippen LogP contribution is -2.29. The van der Waals surface area contributed by atoms with Crippen LogP contribution in [0.2, 0.25) is 5.02 Å². The monoisotopic (exact) mass is 337 g/mol. The molecule has 122 valence electrons. The van der Waals surface area contributed by atoms with Gasteiger partial charge in [-0.15, -0.1) is 0 Å². The molecule has 0 aromatic heterocycles. The van der Waals surface area contributed by atoms with Gasteiger partial charge in [0, 0.05) is 6.54 Å². The molecule has 2 N–H and O–H groups in total. The number of amides is 1. The van der Waals surface area contributed by atoms with Crippen LogP contribution in [-0.2, 0) is 4.79 Å². The highest BCUT2D eigenvalue weighted by atomic mass is 35.5. The van der Waals surface area contributed by atoms with Gasteiger partial charge in [0.2, 0.25) is 5.91 Å². The Morgan fingerprint density at radius 1 is 1.22 bits per heavy atom. The predicted molar refractivity (Wildman–Crippen MR) is 85.9 cm³/mol. The highest BCUT2D eigenvalue weighted by Gasteiger charge is 2.10. The molecule has 0 spiro atoms. The number of ether oxygens (including phenoxy) is 1. The fourth-order valence-electron chi connectivity index (χ4n) is 1.92. The highest BCUT2D eigenvalue weighted by Crippen LogP contribution is 2.23. The fraction of sp³-hybridized carbons (Fsp3) is 0.235. The molecule has 2 aromatic carbocycles. The zero-order valence-electron chi connectivity index (χ0n) is 12.3. The van der Waals surface area contributed by atoms with Crippen LogP contribution in [0.25, 0.3) is 0 Å². The van der Waals surface area contributed by atoms with Crippen molar-refractivity contribution in [2.24, 2.45) is 0 Å². The molecule has 0 aliphatic carbocycles. The minimum absolute atomic E-state index is 0.0521. The second-order valence-corrected chi connectivity index (χ2v) is 5.31. The van der Waals surface area contributed by atoms with E-state index in [1.165, 1.54) is 24.3 Å². The molecule has 1 unspecified atom stereocenters. The molecule has 0 aliphatic heterocycles. The molecule has 0 saturated heterocycles. The van der Waals surface area contributed by atoms with Crippen LogP contribution in [0.4, 0.5) is 4.39 Å². The van der Waals surface area contributed by atoms with Crippen LogP contribution in [0, 0.1) is 5.82 Å². The standard InChI is InChI=1S/C17H17ClFNO3/c18-14-3-1-2-4-16(14)23-10-9-17(22)20-11-15(21)12-5-7-13(19)8-6-12/h1-8,15,21H,9-11H2,(H,20,22). The van der Waals surface area contributed by atoms with Gasteiger partial charge in [-0.1, -0.05) is 35.9 Å². The average molecular weight is 338 g/mol. The third-order valence-electron chi connectivity index (χ3n) is 3.17. The Hall–Kier alpha value is -2.11. The van der Waals surface area contributed by atoms with E-state index in [0.29, 0.717) is 16.3 Å². The minimum Gasteiger partial charge on any atom is -0.491 e. The first-order valence-electron chi connectivity index (χ1n) is 7.14. The van der Waals surface area contributed by atoms with Crippen LogP contribution in [0.5, 0.6) is 5.75 Å². The van der Waals surface area contributed by atoms with Crippen LogP contribution >= 0.6 is 11.6 Å². The maximum Gasteiger partial charge on any atom is 0.223 e. The Bertz CT molecular complexity index is 649. The number of hydrogen-bond donors (Lipinski definition) is 2. The number of carbonyl (C=O) groups excluding carboxylic acids is 1. The number of benzene rings is 2. The normalized spacial score (nSPS) is 11.8. The first kappa shape index (κ1) is 17.2. The number of para-hydroxylation sites is 1. The molecule has 23 heavy (non-hydrogen) atoms. The van der Waals surface area contributed by atoms with Crippen LogP contribution in [0.3, 0.4) is 0 Å². The third kappa shape index (κ3) is 5.54. The van der Waals surface area contributed by atoms with Gasteiger partial charge in [0.25, 0.3) is 0 Å². The Kier molecular flexibility index (Phi) is 6.38. The summed E-state index contributed by atoms with van der Waals surface area (Å²) < 4.78 is 18.2. The smallest absolute Gasteiger partial charge is 0.223 e. The molecule has 1 amide bonds. The van der Waals surface area contributed by atoms with Gasteiger partial charge in [-0.3, -0.25) is 4.79 Å². The van der Waals surface area contributed by atoms with E-state index in [0.717, 1.165) is 0 Å². The van der Waals surface area contributed by atoms with Crippen molar-refractivity contribution in [1.82, 2.24) is 5.32 Å². The van der Waals surface area contributed by atoms with Crippen LogP contribution in [0.15, 0.2) is 48.5 Å². The fourth-order valence-corrected chi connectivity index (χ4v) is 2.11. The Balaban J connectivity index is 1.71. The number of halogens is 2. The van der Waals surface area contributed by atoms with Crippen LogP contribution in [-0.4, -0.2) is 24.2 Å². The molecule has 6 heteroatoms. The summed E-state index contributed by atoms with van der Waals surface area (Å²) in [5.41, 5.74) is 0.541. The summed E-state index contributed by atoms with van der Waals surface area (Å²) in [4.78, 5) is 11.7. The molecule has 2 aromatic rings. The zero-order chi connectivity index (χ0) is 16.7. The molecule has 2 rings (SSSR count). The number of nitrogens with one attached hydrogen (secondary N) is 1. The van der Waals surface area contributed by atoms with E-state index in [2.05, 4.69) is 5.32 Å².